The molecule has 6 rings (SSSR count). The van der Waals surface area contributed by atoms with Crippen LogP contribution in [0.1, 0.15) is 39.0 Å². The summed E-state index contributed by atoms with van der Waals surface area (Å²) in [6.07, 6.45) is 11.6. The molecule has 3 fully saturated rings. The van der Waals surface area contributed by atoms with Gasteiger partial charge < -0.3 is 14.6 Å². The third kappa shape index (κ3) is 4.04. The number of nitrogens with one attached hydrogen (secondary N) is 1. The molecular weight excluding hydrogens is 444 g/mol. The molecule has 1 N–H and O–H groups in total. The lowest BCUT2D eigenvalue weighted by Crippen LogP contribution is -2.66. The fourth-order valence-corrected chi connectivity index (χ4v) is 5.36. The molecule has 0 unspecified atom stereocenters. The highest BCUT2D eigenvalue weighted by atomic mass is 16.6. The van der Waals surface area contributed by atoms with Crippen molar-refractivity contribution in [2.45, 2.75) is 50.6 Å². The number of aromatic amines is 1. The zero-order valence-electron chi connectivity index (χ0n) is 20.0. The van der Waals surface area contributed by atoms with E-state index in [1.54, 1.807) is 6.33 Å². The van der Waals surface area contributed by atoms with E-state index in [1.807, 2.05) is 34.2 Å². The SMILES string of the molecule is CC1(COC(=O)N2CCC(N3CC(CC#N)(n4cc(-c5ncnc6[nH]ccc56)cn4)C3)CC2)CC1. The number of H-pyrrole nitrogens is 1. The molecule has 5 heterocycles. The Morgan fingerprint density at radius 1 is 1.29 bits per heavy atom. The van der Waals surface area contributed by atoms with Crippen LogP contribution in [0.4, 0.5) is 4.79 Å². The monoisotopic (exact) mass is 474 g/mol. The second kappa shape index (κ2) is 8.34. The summed E-state index contributed by atoms with van der Waals surface area (Å²) in [5.74, 6) is 0. The van der Waals surface area contributed by atoms with Crippen LogP contribution in [0.2, 0.25) is 0 Å². The molecule has 1 saturated carbocycles. The van der Waals surface area contributed by atoms with Gasteiger partial charge in [0.15, 0.2) is 0 Å². The van der Waals surface area contributed by atoms with Gasteiger partial charge in [0.05, 0.1) is 31.0 Å². The first kappa shape index (κ1) is 22.0. The maximum absolute atomic E-state index is 12.4. The van der Waals surface area contributed by atoms with Gasteiger partial charge in [-0.2, -0.15) is 10.4 Å². The molecule has 1 aliphatic carbocycles. The number of hydrogen-bond acceptors (Lipinski definition) is 7. The van der Waals surface area contributed by atoms with Crippen molar-refractivity contribution in [3.05, 3.63) is 31.0 Å². The number of aromatic nitrogens is 5. The Morgan fingerprint density at radius 2 is 2.09 bits per heavy atom. The number of carbonyl (C=O) groups excluding carboxylic acids is 1. The zero-order chi connectivity index (χ0) is 24.0. The molecule has 10 nitrogen and oxygen atoms in total. The molecule has 2 saturated heterocycles. The second-order valence-corrected chi connectivity index (χ2v) is 10.7. The summed E-state index contributed by atoms with van der Waals surface area (Å²) in [5.41, 5.74) is 2.41. The minimum atomic E-state index is -0.340. The van der Waals surface area contributed by atoms with Crippen molar-refractivity contribution < 1.29 is 9.53 Å². The van der Waals surface area contributed by atoms with Crippen molar-refractivity contribution in [2.24, 2.45) is 5.41 Å². The summed E-state index contributed by atoms with van der Waals surface area (Å²) in [5, 5.41) is 15.2. The van der Waals surface area contributed by atoms with Gasteiger partial charge in [0.1, 0.15) is 17.5 Å². The lowest BCUT2D eigenvalue weighted by molar-refractivity contribution is -0.0427. The van der Waals surface area contributed by atoms with Crippen LogP contribution in [0.3, 0.4) is 0 Å². The number of nitrogens with zero attached hydrogens (tertiary/aromatic N) is 7. The van der Waals surface area contributed by atoms with Gasteiger partial charge in [-0.1, -0.05) is 6.92 Å². The van der Waals surface area contributed by atoms with Crippen LogP contribution in [-0.2, 0) is 10.3 Å². The van der Waals surface area contributed by atoms with Gasteiger partial charge in [-0.05, 0) is 31.7 Å². The number of rotatable bonds is 6. The maximum Gasteiger partial charge on any atom is 0.409 e. The molecule has 35 heavy (non-hydrogen) atoms. The van der Waals surface area contributed by atoms with Gasteiger partial charge >= 0.3 is 6.09 Å². The fourth-order valence-electron chi connectivity index (χ4n) is 5.36. The molecule has 182 valence electrons. The molecule has 3 aromatic rings. The summed E-state index contributed by atoms with van der Waals surface area (Å²) in [6.45, 7) is 5.69. The average Bonchev–Trinajstić information content (AvgIpc) is 3.23. The average molecular weight is 475 g/mol. The molecule has 3 aliphatic rings. The number of likely N-dealkylation sites (tertiary alicyclic amines) is 2. The van der Waals surface area contributed by atoms with Gasteiger partial charge in [-0.3, -0.25) is 9.58 Å². The second-order valence-electron chi connectivity index (χ2n) is 10.7. The third-order valence-electron chi connectivity index (χ3n) is 7.99. The summed E-state index contributed by atoms with van der Waals surface area (Å²) in [7, 11) is 0. The van der Waals surface area contributed by atoms with E-state index in [-0.39, 0.29) is 17.0 Å². The van der Waals surface area contributed by atoms with E-state index in [0.717, 1.165) is 61.1 Å². The normalized spacial score (nSPS) is 21.4. The standard InChI is InChI=1S/C25H30N8O2/c1-24(5-6-24)16-35-23(34)31-10-3-19(4-11-31)32-14-25(15-32,7-8-26)33-13-18(12-30-33)21-20-2-9-27-22(20)29-17-28-21/h2,9,12-13,17,19H,3-7,10-11,14-16H2,1H3,(H,27,28,29). The van der Waals surface area contributed by atoms with Crippen LogP contribution in [0.5, 0.6) is 0 Å². The lowest BCUT2D eigenvalue weighted by atomic mass is 9.84. The van der Waals surface area contributed by atoms with Crippen molar-refractivity contribution in [1.82, 2.24) is 34.5 Å². The number of ether oxygens (including phenoxy) is 1. The highest BCUT2D eigenvalue weighted by molar-refractivity contribution is 5.90. The topological polar surface area (TPSA) is 116 Å². The van der Waals surface area contributed by atoms with Crippen molar-refractivity contribution in [3.8, 4) is 17.3 Å². The molecule has 0 atom stereocenters. The van der Waals surface area contributed by atoms with Crippen molar-refractivity contribution in [2.75, 3.05) is 32.8 Å². The maximum atomic E-state index is 12.4. The first-order chi connectivity index (χ1) is 17.0. The number of piperidine rings is 1. The quantitative estimate of drug-likeness (QED) is 0.583. The first-order valence-corrected chi connectivity index (χ1v) is 12.4. The number of carbonyl (C=O) groups is 1. The van der Waals surface area contributed by atoms with Crippen molar-refractivity contribution >= 4 is 17.1 Å². The van der Waals surface area contributed by atoms with E-state index >= 15 is 0 Å². The number of fused-ring (bicyclic) bond motifs is 1. The molecular formula is C25H30N8O2. The van der Waals surface area contributed by atoms with Gasteiger partial charge in [0.25, 0.3) is 0 Å². The summed E-state index contributed by atoms with van der Waals surface area (Å²) >= 11 is 0. The molecule has 3 aromatic heterocycles. The Kier molecular flexibility index (Phi) is 5.25. The Morgan fingerprint density at radius 3 is 2.83 bits per heavy atom. The summed E-state index contributed by atoms with van der Waals surface area (Å²) in [4.78, 5) is 28.5. The highest BCUT2D eigenvalue weighted by Crippen LogP contribution is 2.45. The molecule has 0 aromatic carbocycles. The van der Waals surface area contributed by atoms with Gasteiger partial charge in [0, 0.05) is 61.0 Å². The van der Waals surface area contributed by atoms with E-state index < -0.39 is 0 Å². The number of amides is 1. The van der Waals surface area contributed by atoms with E-state index in [2.05, 4.69) is 37.9 Å². The molecule has 0 radical (unpaired) electrons. The van der Waals surface area contributed by atoms with Crippen LogP contribution in [-0.4, -0.2) is 79.5 Å². The third-order valence-corrected chi connectivity index (χ3v) is 7.99. The Bertz CT molecular complexity index is 1270. The molecule has 0 bridgehead atoms. The van der Waals surface area contributed by atoms with Crippen LogP contribution in [0.15, 0.2) is 31.0 Å². The predicted molar refractivity (Wildman–Crippen MR) is 128 cm³/mol. The Hall–Kier alpha value is -3.45. The van der Waals surface area contributed by atoms with E-state index in [4.69, 9.17) is 4.74 Å². The molecule has 2 aliphatic heterocycles. The van der Waals surface area contributed by atoms with Gasteiger partial charge in [-0.15, -0.1) is 0 Å². The summed E-state index contributed by atoms with van der Waals surface area (Å²) in [6, 6.07) is 4.74. The Balaban J connectivity index is 1.09. The molecule has 1 amide bonds. The minimum absolute atomic E-state index is 0.177. The predicted octanol–water partition coefficient (Wildman–Crippen LogP) is 3.15. The summed E-state index contributed by atoms with van der Waals surface area (Å²) < 4.78 is 7.49. The Labute approximate surface area is 203 Å². The fraction of sp³-hybridized carbons (Fsp3) is 0.560. The van der Waals surface area contributed by atoms with Crippen molar-refractivity contribution in [3.63, 3.8) is 0 Å². The number of hydrogen-bond donors (Lipinski definition) is 1. The van der Waals surface area contributed by atoms with Gasteiger partial charge in [0.2, 0.25) is 0 Å². The lowest BCUT2D eigenvalue weighted by Gasteiger charge is -2.53. The first-order valence-electron chi connectivity index (χ1n) is 12.4. The van der Waals surface area contributed by atoms with Crippen LogP contribution < -0.4 is 0 Å². The molecule has 0 spiro atoms. The van der Waals surface area contributed by atoms with E-state index in [9.17, 15) is 10.1 Å². The largest absolute Gasteiger partial charge is 0.449 e. The van der Waals surface area contributed by atoms with E-state index in [0.29, 0.717) is 32.2 Å². The van der Waals surface area contributed by atoms with Crippen LogP contribution in [0, 0.1) is 16.7 Å². The van der Waals surface area contributed by atoms with Crippen LogP contribution >= 0.6 is 0 Å². The zero-order valence-corrected chi connectivity index (χ0v) is 20.0. The highest BCUT2D eigenvalue weighted by Gasteiger charge is 2.48. The van der Waals surface area contributed by atoms with Crippen LogP contribution in [0.25, 0.3) is 22.3 Å². The molecule has 10 heteroatoms. The minimum Gasteiger partial charge on any atom is -0.449 e. The van der Waals surface area contributed by atoms with Crippen molar-refractivity contribution in [1.29, 1.82) is 5.26 Å². The smallest absolute Gasteiger partial charge is 0.409 e. The van der Waals surface area contributed by atoms with E-state index in [1.165, 1.54) is 0 Å². The van der Waals surface area contributed by atoms with Gasteiger partial charge in [-0.25, -0.2) is 14.8 Å². The number of nitriles is 1.